The van der Waals surface area contributed by atoms with Crippen LogP contribution in [0.3, 0.4) is 0 Å². The SMILES string of the molecule is CCCCCCCCc1ccc(OC(=O)c2cnc(-c3ccc(OCCCCCCC)cc3)cn2)c(F)c1. The van der Waals surface area contributed by atoms with Crippen molar-refractivity contribution in [2.24, 2.45) is 0 Å². The van der Waals surface area contributed by atoms with Gasteiger partial charge in [0.2, 0.25) is 0 Å². The Morgan fingerprint density at radius 2 is 1.47 bits per heavy atom. The van der Waals surface area contributed by atoms with E-state index in [1.807, 2.05) is 30.3 Å². The first-order chi connectivity index (χ1) is 18.6. The van der Waals surface area contributed by atoms with Crippen LogP contribution in [0, 0.1) is 5.82 Å². The fraction of sp³-hybridized carbons (Fsp3) is 0.469. The Kier molecular flexibility index (Phi) is 12.7. The van der Waals surface area contributed by atoms with E-state index in [9.17, 15) is 9.18 Å². The van der Waals surface area contributed by atoms with Gasteiger partial charge in [-0.2, -0.15) is 0 Å². The van der Waals surface area contributed by atoms with Gasteiger partial charge in [-0.1, -0.05) is 77.7 Å². The molecule has 38 heavy (non-hydrogen) atoms. The molecule has 1 heterocycles. The maximum absolute atomic E-state index is 14.5. The van der Waals surface area contributed by atoms with Gasteiger partial charge in [0.1, 0.15) is 5.75 Å². The van der Waals surface area contributed by atoms with Crippen LogP contribution in [0.1, 0.15) is 101 Å². The number of hydrogen-bond acceptors (Lipinski definition) is 5. The monoisotopic (exact) mass is 520 g/mol. The third kappa shape index (κ3) is 9.88. The Morgan fingerprint density at radius 1 is 0.789 bits per heavy atom. The van der Waals surface area contributed by atoms with Crippen molar-refractivity contribution in [1.29, 1.82) is 0 Å². The van der Waals surface area contributed by atoms with Crippen LogP contribution < -0.4 is 9.47 Å². The molecule has 3 rings (SSSR count). The average Bonchev–Trinajstić information content (AvgIpc) is 2.94. The van der Waals surface area contributed by atoms with Gasteiger partial charge in [-0.3, -0.25) is 4.98 Å². The first-order valence-electron chi connectivity index (χ1n) is 14.2. The smallest absolute Gasteiger partial charge is 0.364 e. The van der Waals surface area contributed by atoms with Gasteiger partial charge in [-0.25, -0.2) is 14.2 Å². The number of rotatable bonds is 17. The van der Waals surface area contributed by atoms with E-state index in [1.165, 1.54) is 75.9 Å². The van der Waals surface area contributed by atoms with Crippen LogP contribution in [-0.2, 0) is 6.42 Å². The van der Waals surface area contributed by atoms with Crippen LogP contribution in [0.2, 0.25) is 0 Å². The van der Waals surface area contributed by atoms with Crippen LogP contribution in [-0.4, -0.2) is 22.5 Å². The number of nitrogens with zero attached hydrogens (tertiary/aromatic N) is 2. The van der Waals surface area contributed by atoms with Gasteiger partial charge in [0.15, 0.2) is 17.3 Å². The number of aryl methyl sites for hydroxylation is 1. The van der Waals surface area contributed by atoms with Gasteiger partial charge in [-0.05, 0) is 61.2 Å². The Hall–Kier alpha value is -3.28. The molecule has 6 heteroatoms. The number of benzene rings is 2. The summed E-state index contributed by atoms with van der Waals surface area (Å²) < 4.78 is 25.6. The second-order valence-electron chi connectivity index (χ2n) is 9.75. The summed E-state index contributed by atoms with van der Waals surface area (Å²) in [5, 5.41) is 0. The highest BCUT2D eigenvalue weighted by Gasteiger charge is 2.15. The lowest BCUT2D eigenvalue weighted by molar-refractivity contribution is 0.0721. The predicted octanol–water partition coefficient (Wildman–Crippen LogP) is 8.75. The summed E-state index contributed by atoms with van der Waals surface area (Å²) in [5.41, 5.74) is 2.41. The Bertz CT molecular complexity index is 1100. The van der Waals surface area contributed by atoms with Crippen molar-refractivity contribution < 1.29 is 18.7 Å². The molecule has 1 aromatic heterocycles. The van der Waals surface area contributed by atoms with E-state index in [4.69, 9.17) is 9.47 Å². The second kappa shape index (κ2) is 16.5. The molecule has 0 saturated heterocycles. The molecule has 0 aliphatic heterocycles. The Morgan fingerprint density at radius 3 is 2.13 bits per heavy atom. The van der Waals surface area contributed by atoms with E-state index >= 15 is 0 Å². The van der Waals surface area contributed by atoms with E-state index in [2.05, 4.69) is 23.8 Å². The van der Waals surface area contributed by atoms with Crippen molar-refractivity contribution in [3.05, 3.63) is 71.9 Å². The maximum Gasteiger partial charge on any atom is 0.364 e. The summed E-state index contributed by atoms with van der Waals surface area (Å²) in [5.74, 6) is -0.574. The summed E-state index contributed by atoms with van der Waals surface area (Å²) >= 11 is 0. The van der Waals surface area contributed by atoms with Gasteiger partial charge < -0.3 is 9.47 Å². The molecular formula is C32H41FN2O3. The number of ether oxygens (including phenoxy) is 2. The van der Waals surface area contributed by atoms with Crippen LogP contribution in [0.4, 0.5) is 4.39 Å². The minimum atomic E-state index is -0.741. The van der Waals surface area contributed by atoms with Gasteiger partial charge in [-0.15, -0.1) is 0 Å². The lowest BCUT2D eigenvalue weighted by Crippen LogP contribution is -2.12. The second-order valence-corrected chi connectivity index (χ2v) is 9.75. The number of aromatic nitrogens is 2. The highest BCUT2D eigenvalue weighted by atomic mass is 19.1. The van der Waals surface area contributed by atoms with Crippen molar-refractivity contribution >= 4 is 5.97 Å². The van der Waals surface area contributed by atoms with Crippen molar-refractivity contribution in [2.45, 2.75) is 90.9 Å². The molecule has 3 aromatic rings. The summed E-state index contributed by atoms with van der Waals surface area (Å²) in [4.78, 5) is 21.0. The lowest BCUT2D eigenvalue weighted by atomic mass is 10.0. The zero-order valence-electron chi connectivity index (χ0n) is 22.9. The molecule has 0 amide bonds. The average molecular weight is 521 g/mol. The van der Waals surface area contributed by atoms with Gasteiger partial charge in [0.05, 0.1) is 24.7 Å². The topological polar surface area (TPSA) is 61.3 Å². The summed E-state index contributed by atoms with van der Waals surface area (Å²) in [6, 6.07) is 12.4. The first-order valence-corrected chi connectivity index (χ1v) is 14.2. The molecule has 0 radical (unpaired) electrons. The minimum absolute atomic E-state index is 0.0207. The fourth-order valence-electron chi connectivity index (χ4n) is 4.24. The summed E-state index contributed by atoms with van der Waals surface area (Å²) in [6.45, 7) is 5.12. The summed E-state index contributed by atoms with van der Waals surface area (Å²) in [6.07, 6.45) is 16.8. The van der Waals surface area contributed by atoms with Gasteiger partial charge >= 0.3 is 5.97 Å². The standard InChI is InChI=1S/C32H41FN2O3/c1-3-5-7-9-10-12-14-25-15-20-31(28(33)22-25)38-32(36)30-24-34-29(23-35-30)26-16-18-27(19-17-26)37-21-13-11-8-6-4-2/h15-20,22-24H,3-14,21H2,1-2H3. The largest absolute Gasteiger partial charge is 0.494 e. The van der Waals surface area contributed by atoms with Crippen LogP contribution in [0.15, 0.2) is 54.9 Å². The molecule has 0 unspecified atom stereocenters. The molecule has 0 fully saturated rings. The van der Waals surface area contributed by atoms with E-state index < -0.39 is 11.8 Å². The number of unbranched alkanes of at least 4 members (excludes halogenated alkanes) is 9. The van der Waals surface area contributed by atoms with Crippen molar-refractivity contribution in [3.8, 4) is 22.8 Å². The van der Waals surface area contributed by atoms with Crippen LogP contribution in [0.25, 0.3) is 11.3 Å². The molecule has 0 bridgehead atoms. The Balaban J connectivity index is 1.47. The van der Waals surface area contributed by atoms with E-state index in [0.717, 1.165) is 42.6 Å². The van der Waals surface area contributed by atoms with Crippen molar-refractivity contribution in [1.82, 2.24) is 9.97 Å². The zero-order valence-corrected chi connectivity index (χ0v) is 22.9. The molecule has 204 valence electrons. The van der Waals surface area contributed by atoms with Gasteiger partial charge in [0, 0.05) is 5.56 Å². The lowest BCUT2D eigenvalue weighted by Gasteiger charge is -2.08. The molecule has 0 aliphatic rings. The molecule has 0 aliphatic carbocycles. The molecule has 0 saturated carbocycles. The van der Waals surface area contributed by atoms with Crippen molar-refractivity contribution in [2.75, 3.05) is 6.61 Å². The first kappa shape index (κ1) is 29.3. The zero-order chi connectivity index (χ0) is 27.0. The fourth-order valence-corrected chi connectivity index (χ4v) is 4.24. The van der Waals surface area contributed by atoms with E-state index in [0.29, 0.717) is 12.3 Å². The number of esters is 1. The molecule has 2 aromatic carbocycles. The van der Waals surface area contributed by atoms with Crippen LogP contribution in [0.5, 0.6) is 11.5 Å². The Labute approximate surface area is 226 Å². The quantitative estimate of drug-likeness (QED) is 0.101. The van der Waals surface area contributed by atoms with E-state index in [-0.39, 0.29) is 11.4 Å². The predicted molar refractivity (Wildman–Crippen MR) is 150 cm³/mol. The third-order valence-electron chi connectivity index (χ3n) is 6.55. The number of carbonyl (C=O) groups excluding carboxylic acids is 1. The molecule has 5 nitrogen and oxygen atoms in total. The van der Waals surface area contributed by atoms with Crippen LogP contribution >= 0.6 is 0 Å². The maximum atomic E-state index is 14.5. The molecule has 0 spiro atoms. The highest BCUT2D eigenvalue weighted by Crippen LogP contribution is 2.23. The van der Waals surface area contributed by atoms with Gasteiger partial charge in [0.25, 0.3) is 0 Å². The molecular weight excluding hydrogens is 479 g/mol. The number of halogens is 1. The van der Waals surface area contributed by atoms with Crippen molar-refractivity contribution in [3.63, 3.8) is 0 Å². The van der Waals surface area contributed by atoms with E-state index in [1.54, 1.807) is 0 Å². The summed E-state index contributed by atoms with van der Waals surface area (Å²) in [7, 11) is 0. The number of hydrogen-bond donors (Lipinski definition) is 0. The minimum Gasteiger partial charge on any atom is -0.494 e. The number of carbonyl (C=O) groups is 1. The normalized spacial score (nSPS) is 10.9. The highest BCUT2D eigenvalue weighted by molar-refractivity contribution is 5.88. The molecule has 0 atom stereocenters. The molecule has 0 N–H and O–H groups in total. The third-order valence-corrected chi connectivity index (χ3v) is 6.55.